The number of nitrogens with zero attached hydrogens (tertiary/aromatic N) is 3. The van der Waals surface area contributed by atoms with E-state index in [-0.39, 0.29) is 34.5 Å². The van der Waals surface area contributed by atoms with Crippen molar-refractivity contribution < 1.29 is 33.6 Å². The van der Waals surface area contributed by atoms with Crippen LogP contribution < -0.4 is 11.2 Å². The third kappa shape index (κ3) is 6.04. The number of hydrogen-bond donors (Lipinski definition) is 1. The van der Waals surface area contributed by atoms with Crippen LogP contribution in [0.25, 0.3) is 0 Å². The van der Waals surface area contributed by atoms with E-state index >= 15 is 0 Å². The monoisotopic (exact) mass is 540 g/mol. The van der Waals surface area contributed by atoms with Gasteiger partial charge in [0.1, 0.15) is 25.0 Å². The number of nitro benzene ring substituents is 2. The molecular weight excluding hydrogens is 520 g/mol. The van der Waals surface area contributed by atoms with Gasteiger partial charge in [0.05, 0.1) is 21.0 Å². The van der Waals surface area contributed by atoms with Gasteiger partial charge in [0, 0.05) is 42.4 Å². The lowest BCUT2D eigenvalue weighted by atomic mass is 10.1. The fourth-order valence-corrected chi connectivity index (χ4v) is 3.83. The van der Waals surface area contributed by atoms with Crippen molar-refractivity contribution in [3.8, 4) is 0 Å². The molecule has 1 aliphatic heterocycles. The molecule has 0 radical (unpaired) electrons. The third-order valence-corrected chi connectivity index (χ3v) is 5.90. The molecule has 2 aromatic carbocycles. The second kappa shape index (κ2) is 11.1. The fraction of sp³-hybridized carbons (Fsp3) is 0.250. The number of ether oxygens (including phenoxy) is 3. The Kier molecular flexibility index (Phi) is 7.62. The average Bonchev–Trinajstić information content (AvgIpc) is 3.31. The smallest absolute Gasteiger partial charge is 0.338 e. The summed E-state index contributed by atoms with van der Waals surface area (Å²) in [6.07, 6.45) is -1.83. The predicted octanol–water partition coefficient (Wildman–Crippen LogP) is 2.03. The van der Waals surface area contributed by atoms with Crippen molar-refractivity contribution in [3.05, 3.63) is 112 Å². The summed E-state index contributed by atoms with van der Waals surface area (Å²) in [6.45, 7) is 1.07. The van der Waals surface area contributed by atoms with Crippen LogP contribution in [0.15, 0.2) is 64.3 Å². The zero-order valence-corrected chi connectivity index (χ0v) is 20.2. The van der Waals surface area contributed by atoms with Crippen LogP contribution >= 0.6 is 0 Å². The number of rotatable bonds is 8. The minimum atomic E-state index is -1.04. The van der Waals surface area contributed by atoms with E-state index in [1.165, 1.54) is 37.4 Å². The van der Waals surface area contributed by atoms with E-state index in [9.17, 15) is 39.4 Å². The van der Waals surface area contributed by atoms with Gasteiger partial charge in [0.25, 0.3) is 16.9 Å². The quantitative estimate of drug-likeness (QED) is 0.249. The highest BCUT2D eigenvalue weighted by molar-refractivity contribution is 5.90. The summed E-state index contributed by atoms with van der Waals surface area (Å²) in [7, 11) is 0. The van der Waals surface area contributed by atoms with Crippen LogP contribution in [0.4, 0.5) is 11.4 Å². The molecule has 39 heavy (non-hydrogen) atoms. The standard InChI is InChI=1S/C24H20N4O11/c1-13-11-26(24(32)25-21(13)29)20-10-18(39-23(31)15-4-8-17(9-5-15)28(35)36)19(38-20)12-37-22(30)14-2-6-16(7-3-14)27(33)34/h2-9,11,18-20H,10,12H2,1H3,(H,25,29,32)/t18-,19-,20+/m1/s1. The number of non-ortho nitro benzene ring substituents is 2. The van der Waals surface area contributed by atoms with Crippen LogP contribution in [0.3, 0.4) is 0 Å². The summed E-state index contributed by atoms with van der Waals surface area (Å²) in [4.78, 5) is 72.0. The van der Waals surface area contributed by atoms with Gasteiger partial charge < -0.3 is 14.2 Å². The molecule has 0 unspecified atom stereocenters. The molecule has 0 aliphatic carbocycles. The lowest BCUT2D eigenvalue weighted by molar-refractivity contribution is -0.385. The van der Waals surface area contributed by atoms with E-state index in [1.54, 1.807) is 0 Å². The molecule has 2 heterocycles. The molecule has 1 fully saturated rings. The van der Waals surface area contributed by atoms with E-state index in [2.05, 4.69) is 4.98 Å². The maximum atomic E-state index is 12.8. The first-order valence-electron chi connectivity index (χ1n) is 11.4. The van der Waals surface area contributed by atoms with Crippen molar-refractivity contribution in [2.75, 3.05) is 6.61 Å². The summed E-state index contributed by atoms with van der Waals surface area (Å²) in [5.74, 6) is -1.66. The zero-order chi connectivity index (χ0) is 28.3. The number of carbonyl (C=O) groups excluding carboxylic acids is 2. The Morgan fingerprint density at radius 1 is 0.974 bits per heavy atom. The highest BCUT2D eigenvalue weighted by Crippen LogP contribution is 2.31. The van der Waals surface area contributed by atoms with E-state index in [1.807, 2.05) is 0 Å². The molecule has 3 atom stereocenters. The van der Waals surface area contributed by atoms with Gasteiger partial charge in [-0.3, -0.25) is 34.6 Å². The molecule has 3 aromatic rings. The van der Waals surface area contributed by atoms with Gasteiger partial charge in [-0.2, -0.15) is 0 Å². The van der Waals surface area contributed by atoms with Crippen LogP contribution in [-0.4, -0.2) is 50.2 Å². The lowest BCUT2D eigenvalue weighted by Gasteiger charge is -2.19. The number of hydrogen-bond acceptors (Lipinski definition) is 11. The average molecular weight is 540 g/mol. The number of H-pyrrole nitrogens is 1. The minimum Gasteiger partial charge on any atom is -0.459 e. The molecule has 0 bridgehead atoms. The van der Waals surface area contributed by atoms with Crippen molar-refractivity contribution in [2.24, 2.45) is 0 Å². The zero-order valence-electron chi connectivity index (χ0n) is 20.2. The summed E-state index contributed by atoms with van der Waals surface area (Å²) < 4.78 is 17.8. The number of aryl methyl sites for hydroxylation is 1. The summed E-state index contributed by atoms with van der Waals surface area (Å²) >= 11 is 0. The summed E-state index contributed by atoms with van der Waals surface area (Å²) in [5, 5.41) is 21.7. The molecule has 202 valence electrons. The van der Waals surface area contributed by atoms with Crippen LogP contribution in [0, 0.1) is 27.2 Å². The van der Waals surface area contributed by atoms with Crippen molar-refractivity contribution in [2.45, 2.75) is 31.8 Å². The molecule has 1 aromatic heterocycles. The molecule has 4 rings (SSSR count). The highest BCUT2D eigenvalue weighted by Gasteiger charge is 2.40. The van der Waals surface area contributed by atoms with Gasteiger partial charge in [-0.25, -0.2) is 14.4 Å². The first-order chi connectivity index (χ1) is 18.5. The predicted molar refractivity (Wildman–Crippen MR) is 130 cm³/mol. The molecule has 1 aliphatic rings. The maximum absolute atomic E-state index is 12.8. The first kappa shape index (κ1) is 26.9. The maximum Gasteiger partial charge on any atom is 0.338 e. The molecule has 15 heteroatoms. The largest absolute Gasteiger partial charge is 0.459 e. The van der Waals surface area contributed by atoms with Crippen LogP contribution in [0.1, 0.15) is 38.9 Å². The van der Waals surface area contributed by atoms with Crippen LogP contribution in [0.5, 0.6) is 0 Å². The second-order valence-corrected chi connectivity index (χ2v) is 8.49. The van der Waals surface area contributed by atoms with Crippen molar-refractivity contribution in [1.82, 2.24) is 9.55 Å². The number of benzene rings is 2. The van der Waals surface area contributed by atoms with Crippen molar-refractivity contribution in [1.29, 1.82) is 0 Å². The number of aromatic nitrogens is 2. The minimum absolute atomic E-state index is 0.0164. The van der Waals surface area contributed by atoms with Crippen molar-refractivity contribution in [3.63, 3.8) is 0 Å². The lowest BCUT2D eigenvalue weighted by Crippen LogP contribution is -2.33. The normalized spacial score (nSPS) is 18.3. The fourth-order valence-electron chi connectivity index (χ4n) is 3.83. The molecule has 0 spiro atoms. The number of carbonyl (C=O) groups is 2. The Labute approximate surface area is 217 Å². The topological polar surface area (TPSA) is 203 Å². The molecule has 15 nitrogen and oxygen atoms in total. The molecule has 0 amide bonds. The number of nitro groups is 2. The van der Waals surface area contributed by atoms with E-state index in [0.29, 0.717) is 0 Å². The molecular formula is C24H20N4O11. The van der Waals surface area contributed by atoms with Gasteiger partial charge in [0.2, 0.25) is 0 Å². The van der Waals surface area contributed by atoms with Gasteiger partial charge in [-0.1, -0.05) is 0 Å². The van der Waals surface area contributed by atoms with Gasteiger partial charge in [-0.05, 0) is 31.2 Å². The van der Waals surface area contributed by atoms with Gasteiger partial charge >= 0.3 is 17.6 Å². The Hall–Kier alpha value is -5.18. The third-order valence-electron chi connectivity index (χ3n) is 5.90. The van der Waals surface area contributed by atoms with Crippen LogP contribution in [0.2, 0.25) is 0 Å². The molecule has 1 saturated heterocycles. The summed E-state index contributed by atoms with van der Waals surface area (Å²) in [5.41, 5.74) is -1.51. The van der Waals surface area contributed by atoms with Crippen molar-refractivity contribution >= 4 is 23.3 Å². The number of nitrogens with one attached hydrogen (secondary N) is 1. The molecule has 1 N–H and O–H groups in total. The SMILES string of the molecule is Cc1cn([C@@H]2C[C@@H](OC(=O)c3ccc([N+](=O)[O-])cc3)[C@@H](COC(=O)c3ccc([N+](=O)[O-])cc3)O2)c(=O)[nH]c1=O. The Balaban J connectivity index is 1.52. The van der Waals surface area contributed by atoms with Gasteiger partial charge in [-0.15, -0.1) is 0 Å². The van der Waals surface area contributed by atoms with E-state index < -0.39 is 58.1 Å². The molecule has 0 saturated carbocycles. The Morgan fingerprint density at radius 3 is 2.05 bits per heavy atom. The Bertz CT molecular complexity index is 1540. The van der Waals surface area contributed by atoms with E-state index in [0.717, 1.165) is 28.8 Å². The number of esters is 2. The number of aromatic amines is 1. The van der Waals surface area contributed by atoms with Crippen LogP contribution in [-0.2, 0) is 14.2 Å². The Morgan fingerprint density at radius 2 is 1.51 bits per heavy atom. The first-order valence-corrected chi connectivity index (χ1v) is 11.4. The van der Waals surface area contributed by atoms with E-state index in [4.69, 9.17) is 14.2 Å². The highest BCUT2D eigenvalue weighted by atomic mass is 16.6. The second-order valence-electron chi connectivity index (χ2n) is 8.49. The summed E-state index contributed by atoms with van der Waals surface area (Å²) in [6, 6.07) is 9.41. The van der Waals surface area contributed by atoms with Gasteiger partial charge in [0.15, 0.2) is 0 Å².